The number of rotatable bonds is 4. The Balaban J connectivity index is 2.19. The highest BCUT2D eigenvalue weighted by atomic mass is 35.5. The van der Waals surface area contributed by atoms with E-state index in [9.17, 15) is 0 Å². The molecule has 0 saturated heterocycles. The van der Waals surface area contributed by atoms with E-state index in [0.717, 1.165) is 28.4 Å². The number of ether oxygens (including phenoxy) is 1. The maximum atomic E-state index is 5.97. The number of hydrogen-bond acceptors (Lipinski definition) is 3. The van der Waals surface area contributed by atoms with Crippen molar-refractivity contribution in [2.75, 3.05) is 7.11 Å². The minimum absolute atomic E-state index is 0.378. The Morgan fingerprint density at radius 2 is 1.86 bits per heavy atom. The molecule has 4 nitrogen and oxygen atoms in total. The number of para-hydroxylation sites is 1. The van der Waals surface area contributed by atoms with Crippen molar-refractivity contribution in [2.45, 2.75) is 6.54 Å². The molecule has 3 aromatic rings. The minimum atomic E-state index is 0.378. The van der Waals surface area contributed by atoms with Crippen LogP contribution < -0.4 is 10.5 Å². The molecule has 5 heteroatoms. The van der Waals surface area contributed by atoms with Gasteiger partial charge < -0.3 is 10.5 Å². The topological polar surface area (TPSA) is 53.1 Å². The quantitative estimate of drug-likeness (QED) is 0.799. The molecule has 1 heterocycles. The van der Waals surface area contributed by atoms with E-state index in [2.05, 4.69) is 5.10 Å². The van der Waals surface area contributed by atoms with Gasteiger partial charge in [0.2, 0.25) is 0 Å². The summed E-state index contributed by atoms with van der Waals surface area (Å²) >= 11 is 5.97. The summed E-state index contributed by atoms with van der Waals surface area (Å²) in [4.78, 5) is 0. The van der Waals surface area contributed by atoms with E-state index < -0.39 is 0 Å². The van der Waals surface area contributed by atoms with Crippen molar-refractivity contribution in [3.63, 3.8) is 0 Å². The first-order chi connectivity index (χ1) is 10.7. The third-order valence-electron chi connectivity index (χ3n) is 3.42. The standard InChI is InChI=1S/C17H16ClN3O/c1-22-17-5-3-2-4-15(17)16-10-13(11-19)20-21(16)14-8-6-12(18)7-9-14/h2-10H,11,19H2,1H3. The molecule has 0 radical (unpaired) electrons. The highest BCUT2D eigenvalue weighted by Crippen LogP contribution is 2.32. The van der Waals surface area contributed by atoms with Gasteiger partial charge in [0.05, 0.1) is 24.2 Å². The molecule has 0 atom stereocenters. The molecular formula is C17H16ClN3O. The summed E-state index contributed by atoms with van der Waals surface area (Å²) in [5.41, 5.74) is 9.39. The van der Waals surface area contributed by atoms with Gasteiger partial charge in [-0.25, -0.2) is 4.68 Å². The molecular weight excluding hydrogens is 298 g/mol. The van der Waals surface area contributed by atoms with Crippen molar-refractivity contribution in [1.82, 2.24) is 9.78 Å². The van der Waals surface area contributed by atoms with Gasteiger partial charge in [-0.1, -0.05) is 23.7 Å². The van der Waals surface area contributed by atoms with Crippen LogP contribution in [-0.2, 0) is 6.54 Å². The Bertz CT molecular complexity index is 781. The molecule has 0 bridgehead atoms. The summed E-state index contributed by atoms with van der Waals surface area (Å²) in [6, 6.07) is 17.3. The Morgan fingerprint density at radius 1 is 1.14 bits per heavy atom. The zero-order valence-corrected chi connectivity index (χ0v) is 12.9. The van der Waals surface area contributed by atoms with E-state index in [1.807, 2.05) is 59.3 Å². The van der Waals surface area contributed by atoms with Gasteiger partial charge in [-0.15, -0.1) is 0 Å². The second-order valence-corrected chi connectivity index (χ2v) is 5.25. The average Bonchev–Trinajstić information content (AvgIpc) is 2.99. The first-order valence-electron chi connectivity index (χ1n) is 6.91. The molecule has 0 saturated carbocycles. The summed E-state index contributed by atoms with van der Waals surface area (Å²) in [6.45, 7) is 0.378. The van der Waals surface area contributed by atoms with E-state index in [1.54, 1.807) is 7.11 Å². The molecule has 3 rings (SSSR count). The van der Waals surface area contributed by atoms with E-state index in [1.165, 1.54) is 0 Å². The Morgan fingerprint density at radius 3 is 2.55 bits per heavy atom. The highest BCUT2D eigenvalue weighted by Gasteiger charge is 2.14. The van der Waals surface area contributed by atoms with Crippen molar-refractivity contribution >= 4 is 11.6 Å². The van der Waals surface area contributed by atoms with Crippen LogP contribution in [0.1, 0.15) is 5.69 Å². The molecule has 0 fully saturated rings. The number of nitrogens with two attached hydrogens (primary N) is 1. The molecule has 0 amide bonds. The number of methoxy groups -OCH3 is 1. The van der Waals surface area contributed by atoms with Gasteiger partial charge in [0.25, 0.3) is 0 Å². The monoisotopic (exact) mass is 313 g/mol. The maximum absolute atomic E-state index is 5.97. The van der Waals surface area contributed by atoms with Gasteiger partial charge in [0, 0.05) is 17.1 Å². The third-order valence-corrected chi connectivity index (χ3v) is 3.68. The predicted octanol–water partition coefficient (Wildman–Crippen LogP) is 3.66. The van der Waals surface area contributed by atoms with Crippen LogP contribution in [0.2, 0.25) is 5.02 Å². The lowest BCUT2D eigenvalue weighted by Crippen LogP contribution is -2.02. The van der Waals surface area contributed by atoms with Crippen LogP contribution in [0.15, 0.2) is 54.6 Å². The van der Waals surface area contributed by atoms with Crippen LogP contribution in [0.5, 0.6) is 5.75 Å². The fraction of sp³-hybridized carbons (Fsp3) is 0.118. The Labute approximate surface area is 134 Å². The van der Waals surface area contributed by atoms with Gasteiger partial charge in [-0.05, 0) is 42.5 Å². The molecule has 112 valence electrons. The second kappa shape index (κ2) is 6.22. The minimum Gasteiger partial charge on any atom is -0.496 e. The molecule has 0 aliphatic rings. The largest absolute Gasteiger partial charge is 0.496 e. The SMILES string of the molecule is COc1ccccc1-c1cc(CN)nn1-c1ccc(Cl)cc1. The fourth-order valence-electron chi connectivity index (χ4n) is 2.36. The zero-order valence-electron chi connectivity index (χ0n) is 12.2. The van der Waals surface area contributed by atoms with Gasteiger partial charge >= 0.3 is 0 Å². The van der Waals surface area contributed by atoms with Gasteiger partial charge in [0.15, 0.2) is 0 Å². The molecule has 0 aliphatic heterocycles. The average molecular weight is 314 g/mol. The molecule has 0 spiro atoms. The first kappa shape index (κ1) is 14.6. The van der Waals surface area contributed by atoms with E-state index >= 15 is 0 Å². The van der Waals surface area contributed by atoms with Crippen molar-refractivity contribution in [3.05, 3.63) is 65.3 Å². The predicted molar refractivity (Wildman–Crippen MR) is 88.5 cm³/mol. The molecule has 2 N–H and O–H groups in total. The van der Waals surface area contributed by atoms with Crippen LogP contribution >= 0.6 is 11.6 Å². The van der Waals surface area contributed by atoms with Crippen LogP contribution in [0.4, 0.5) is 0 Å². The number of aromatic nitrogens is 2. The zero-order chi connectivity index (χ0) is 15.5. The van der Waals surface area contributed by atoms with Crippen LogP contribution in [-0.4, -0.2) is 16.9 Å². The normalized spacial score (nSPS) is 10.7. The summed E-state index contributed by atoms with van der Waals surface area (Å²) in [6.07, 6.45) is 0. The van der Waals surface area contributed by atoms with E-state index in [4.69, 9.17) is 22.1 Å². The third kappa shape index (κ3) is 2.71. The number of hydrogen-bond donors (Lipinski definition) is 1. The summed E-state index contributed by atoms with van der Waals surface area (Å²) < 4.78 is 7.32. The lowest BCUT2D eigenvalue weighted by atomic mass is 10.1. The maximum Gasteiger partial charge on any atom is 0.128 e. The Hall–Kier alpha value is -2.30. The van der Waals surface area contributed by atoms with Crippen LogP contribution in [0.3, 0.4) is 0 Å². The molecule has 1 aromatic heterocycles. The number of nitrogens with zero attached hydrogens (tertiary/aromatic N) is 2. The molecule has 22 heavy (non-hydrogen) atoms. The van der Waals surface area contributed by atoms with Gasteiger partial charge in [-0.3, -0.25) is 0 Å². The van der Waals surface area contributed by atoms with Crippen molar-refractivity contribution in [2.24, 2.45) is 5.73 Å². The number of benzene rings is 2. The van der Waals surface area contributed by atoms with E-state index in [0.29, 0.717) is 11.6 Å². The number of halogens is 1. The van der Waals surface area contributed by atoms with Gasteiger partial charge in [-0.2, -0.15) is 5.10 Å². The first-order valence-corrected chi connectivity index (χ1v) is 7.29. The van der Waals surface area contributed by atoms with Crippen LogP contribution in [0.25, 0.3) is 16.9 Å². The van der Waals surface area contributed by atoms with Gasteiger partial charge in [0.1, 0.15) is 5.75 Å². The summed E-state index contributed by atoms with van der Waals surface area (Å²) in [5, 5.41) is 5.26. The van der Waals surface area contributed by atoms with Crippen molar-refractivity contribution in [3.8, 4) is 22.7 Å². The summed E-state index contributed by atoms with van der Waals surface area (Å²) in [5.74, 6) is 0.793. The smallest absolute Gasteiger partial charge is 0.128 e. The summed E-state index contributed by atoms with van der Waals surface area (Å²) in [7, 11) is 1.66. The van der Waals surface area contributed by atoms with Crippen molar-refractivity contribution in [1.29, 1.82) is 0 Å². The van der Waals surface area contributed by atoms with Crippen LogP contribution in [0, 0.1) is 0 Å². The van der Waals surface area contributed by atoms with Crippen molar-refractivity contribution < 1.29 is 4.74 Å². The molecule has 0 unspecified atom stereocenters. The highest BCUT2D eigenvalue weighted by molar-refractivity contribution is 6.30. The Kier molecular flexibility index (Phi) is 4.13. The second-order valence-electron chi connectivity index (χ2n) is 4.81. The molecule has 2 aromatic carbocycles. The lowest BCUT2D eigenvalue weighted by molar-refractivity contribution is 0.416. The molecule has 0 aliphatic carbocycles. The van der Waals surface area contributed by atoms with E-state index in [-0.39, 0.29) is 0 Å². The fourth-order valence-corrected chi connectivity index (χ4v) is 2.48. The lowest BCUT2D eigenvalue weighted by Gasteiger charge is -2.11.